The van der Waals surface area contributed by atoms with E-state index in [4.69, 9.17) is 0 Å². The molecule has 1 aromatic heterocycles. The first-order valence-corrected chi connectivity index (χ1v) is 8.49. The van der Waals surface area contributed by atoms with Crippen LogP contribution in [0.4, 0.5) is 5.69 Å². The summed E-state index contributed by atoms with van der Waals surface area (Å²) in [4.78, 5) is 35.9. The molecule has 0 saturated heterocycles. The van der Waals surface area contributed by atoms with E-state index in [1.165, 1.54) is 13.0 Å². The maximum Gasteiger partial charge on any atom is 0.267 e. The maximum atomic E-state index is 12.3. The number of carbonyl (C=O) groups excluding carboxylic acids is 2. The summed E-state index contributed by atoms with van der Waals surface area (Å²) in [6.07, 6.45) is 0. The number of amides is 1. The van der Waals surface area contributed by atoms with Crippen molar-refractivity contribution in [3.05, 3.63) is 82.1 Å². The van der Waals surface area contributed by atoms with E-state index in [1.807, 2.05) is 31.2 Å². The molecule has 136 valence electrons. The number of rotatable bonds is 5. The van der Waals surface area contributed by atoms with E-state index in [-0.39, 0.29) is 17.9 Å². The van der Waals surface area contributed by atoms with Crippen molar-refractivity contribution < 1.29 is 9.59 Å². The number of benzene rings is 2. The van der Waals surface area contributed by atoms with Crippen molar-refractivity contribution in [1.82, 2.24) is 9.78 Å². The highest BCUT2D eigenvalue weighted by atomic mass is 16.2. The van der Waals surface area contributed by atoms with Gasteiger partial charge in [0.25, 0.3) is 5.56 Å². The van der Waals surface area contributed by atoms with Crippen LogP contribution in [-0.4, -0.2) is 21.5 Å². The van der Waals surface area contributed by atoms with Crippen LogP contribution in [0.5, 0.6) is 0 Å². The number of carbonyl (C=O) groups is 2. The number of aromatic nitrogens is 2. The van der Waals surface area contributed by atoms with Crippen molar-refractivity contribution in [2.75, 3.05) is 5.32 Å². The van der Waals surface area contributed by atoms with Crippen molar-refractivity contribution >= 4 is 17.4 Å². The van der Waals surface area contributed by atoms with Crippen molar-refractivity contribution in [2.24, 2.45) is 0 Å². The topological polar surface area (TPSA) is 81.1 Å². The van der Waals surface area contributed by atoms with Gasteiger partial charge in [-0.1, -0.05) is 36.4 Å². The van der Waals surface area contributed by atoms with Crippen molar-refractivity contribution in [1.29, 1.82) is 0 Å². The molecule has 0 aliphatic heterocycles. The molecule has 3 rings (SSSR count). The fourth-order valence-electron chi connectivity index (χ4n) is 2.72. The SMILES string of the molecule is CC(=O)c1cccc(NC(=O)Cn2nc(-c3ccccc3C)ccc2=O)c1. The highest BCUT2D eigenvalue weighted by Gasteiger charge is 2.10. The minimum Gasteiger partial charge on any atom is -0.324 e. The Morgan fingerprint density at radius 1 is 1.04 bits per heavy atom. The summed E-state index contributed by atoms with van der Waals surface area (Å²) >= 11 is 0. The summed E-state index contributed by atoms with van der Waals surface area (Å²) in [7, 11) is 0. The minimum absolute atomic E-state index is 0.0880. The lowest BCUT2D eigenvalue weighted by atomic mass is 10.1. The lowest BCUT2D eigenvalue weighted by Gasteiger charge is -2.10. The van der Waals surface area contributed by atoms with Crippen molar-refractivity contribution in [3.63, 3.8) is 0 Å². The number of hydrogen-bond donors (Lipinski definition) is 1. The summed E-state index contributed by atoms with van der Waals surface area (Å²) < 4.78 is 1.13. The molecule has 0 saturated carbocycles. The quantitative estimate of drug-likeness (QED) is 0.708. The van der Waals surface area contributed by atoms with Gasteiger partial charge in [-0.25, -0.2) is 4.68 Å². The first kappa shape index (κ1) is 18.3. The molecule has 0 aliphatic carbocycles. The first-order chi connectivity index (χ1) is 12.9. The molecule has 0 aliphatic rings. The van der Waals surface area contributed by atoms with Crippen LogP contribution in [0.15, 0.2) is 65.5 Å². The molecule has 0 atom stereocenters. The summed E-state index contributed by atoms with van der Waals surface area (Å²) in [6.45, 7) is 3.20. The highest BCUT2D eigenvalue weighted by Crippen LogP contribution is 2.19. The third-order valence-corrected chi connectivity index (χ3v) is 4.13. The second-order valence-corrected chi connectivity index (χ2v) is 6.21. The van der Waals surface area contributed by atoms with Crippen LogP contribution < -0.4 is 10.9 Å². The van der Waals surface area contributed by atoms with Crippen molar-refractivity contribution in [2.45, 2.75) is 20.4 Å². The first-order valence-electron chi connectivity index (χ1n) is 8.49. The number of nitrogens with one attached hydrogen (secondary N) is 1. The average molecular weight is 361 g/mol. The van der Waals surface area contributed by atoms with E-state index in [0.29, 0.717) is 16.9 Å². The molecule has 2 aromatic carbocycles. The van der Waals surface area contributed by atoms with Crippen molar-refractivity contribution in [3.8, 4) is 11.3 Å². The van der Waals surface area contributed by atoms with Gasteiger partial charge in [-0.2, -0.15) is 5.10 Å². The molecule has 0 bridgehead atoms. The molecule has 0 unspecified atom stereocenters. The van der Waals surface area contributed by atoms with Gasteiger partial charge in [-0.3, -0.25) is 14.4 Å². The third-order valence-electron chi connectivity index (χ3n) is 4.13. The Kier molecular flexibility index (Phi) is 5.26. The van der Waals surface area contributed by atoms with Crippen LogP contribution >= 0.6 is 0 Å². The van der Waals surface area contributed by atoms with Gasteiger partial charge in [-0.15, -0.1) is 0 Å². The predicted molar refractivity (Wildman–Crippen MR) is 104 cm³/mol. The zero-order valence-corrected chi connectivity index (χ0v) is 15.1. The van der Waals surface area contributed by atoms with Gasteiger partial charge in [-0.05, 0) is 37.6 Å². The van der Waals surface area contributed by atoms with Crippen LogP contribution in [-0.2, 0) is 11.3 Å². The van der Waals surface area contributed by atoms with Crippen LogP contribution in [0, 0.1) is 6.92 Å². The zero-order chi connectivity index (χ0) is 19.4. The summed E-state index contributed by atoms with van der Waals surface area (Å²) in [5, 5.41) is 7.01. The molecule has 1 N–H and O–H groups in total. The van der Waals surface area contributed by atoms with E-state index < -0.39 is 5.91 Å². The van der Waals surface area contributed by atoms with E-state index in [1.54, 1.807) is 30.3 Å². The monoisotopic (exact) mass is 361 g/mol. The molecular formula is C21H19N3O3. The average Bonchev–Trinajstić information content (AvgIpc) is 2.64. The standard InChI is InChI=1S/C21H19N3O3/c1-14-6-3-4-9-18(14)19-10-11-21(27)24(23-19)13-20(26)22-17-8-5-7-16(12-17)15(2)25/h3-12H,13H2,1-2H3,(H,22,26). The van der Waals surface area contributed by atoms with Gasteiger partial charge in [0.05, 0.1) is 5.69 Å². The number of anilines is 1. The van der Waals surface area contributed by atoms with Gasteiger partial charge in [0.2, 0.25) is 5.91 Å². The Balaban J connectivity index is 1.81. The zero-order valence-electron chi connectivity index (χ0n) is 15.1. The normalized spacial score (nSPS) is 10.4. The summed E-state index contributed by atoms with van der Waals surface area (Å²) in [5.74, 6) is -0.484. The van der Waals surface area contributed by atoms with Gasteiger partial charge in [0.1, 0.15) is 6.54 Å². The van der Waals surface area contributed by atoms with E-state index in [2.05, 4.69) is 10.4 Å². The van der Waals surface area contributed by atoms with Gasteiger partial charge >= 0.3 is 0 Å². The lowest BCUT2D eigenvalue weighted by molar-refractivity contribution is -0.117. The fourth-order valence-corrected chi connectivity index (χ4v) is 2.72. The van der Waals surface area contributed by atoms with Crippen LogP contribution in [0.1, 0.15) is 22.8 Å². The third kappa shape index (κ3) is 4.36. The Labute approximate surface area is 156 Å². The molecule has 1 heterocycles. The largest absolute Gasteiger partial charge is 0.324 e. The Morgan fingerprint density at radius 3 is 2.56 bits per heavy atom. The number of ketones is 1. The van der Waals surface area contributed by atoms with E-state index >= 15 is 0 Å². The maximum absolute atomic E-state index is 12.3. The molecular weight excluding hydrogens is 342 g/mol. The Morgan fingerprint density at radius 2 is 1.81 bits per heavy atom. The molecule has 3 aromatic rings. The Bertz CT molecular complexity index is 1070. The molecule has 6 heteroatoms. The molecule has 27 heavy (non-hydrogen) atoms. The molecule has 0 radical (unpaired) electrons. The van der Waals surface area contributed by atoms with E-state index in [0.717, 1.165) is 15.8 Å². The number of aryl methyl sites for hydroxylation is 1. The summed E-state index contributed by atoms with van der Waals surface area (Å²) in [5.41, 5.74) is 3.20. The minimum atomic E-state index is -0.396. The van der Waals surface area contributed by atoms with Crippen LogP contribution in [0.2, 0.25) is 0 Å². The molecule has 1 amide bonds. The Hall–Kier alpha value is -3.54. The molecule has 0 fully saturated rings. The second-order valence-electron chi connectivity index (χ2n) is 6.21. The van der Waals surface area contributed by atoms with Crippen LogP contribution in [0.25, 0.3) is 11.3 Å². The van der Waals surface area contributed by atoms with Crippen LogP contribution in [0.3, 0.4) is 0 Å². The highest BCUT2D eigenvalue weighted by molar-refractivity contribution is 5.97. The fraction of sp³-hybridized carbons (Fsp3) is 0.143. The van der Waals surface area contributed by atoms with Gasteiger partial charge in [0.15, 0.2) is 5.78 Å². The molecule has 0 spiro atoms. The van der Waals surface area contributed by atoms with Gasteiger partial charge < -0.3 is 5.32 Å². The predicted octanol–water partition coefficient (Wildman–Crippen LogP) is 3.06. The lowest BCUT2D eigenvalue weighted by Crippen LogP contribution is -2.29. The smallest absolute Gasteiger partial charge is 0.267 e. The van der Waals surface area contributed by atoms with Gasteiger partial charge in [0, 0.05) is 22.9 Å². The van der Waals surface area contributed by atoms with E-state index in [9.17, 15) is 14.4 Å². The second kappa shape index (κ2) is 7.78. The molecule has 6 nitrogen and oxygen atoms in total. The number of Topliss-reactive ketones (excluding diaryl/α,β-unsaturated/α-hetero) is 1. The number of nitrogens with zero attached hydrogens (tertiary/aromatic N) is 2. The number of hydrogen-bond acceptors (Lipinski definition) is 4. The summed E-state index contributed by atoms with van der Waals surface area (Å²) in [6, 6.07) is 17.4.